The van der Waals surface area contributed by atoms with Gasteiger partial charge in [-0.05, 0) is 44.6 Å². The van der Waals surface area contributed by atoms with E-state index in [0.29, 0.717) is 6.42 Å². The number of rotatable bonds is 14. The van der Waals surface area contributed by atoms with E-state index >= 15 is 0 Å². The van der Waals surface area contributed by atoms with Gasteiger partial charge >= 0.3 is 5.97 Å². The maximum absolute atomic E-state index is 13.4. The Hall–Kier alpha value is -1.50. The molecular weight excluding hydrogens is 420 g/mol. The molecule has 0 heterocycles. The molecule has 0 amide bonds. The molecule has 192 valence electrons. The average Bonchev–Trinajstić information content (AvgIpc) is 2.71. The maximum Gasteiger partial charge on any atom is 0.308 e. The van der Waals surface area contributed by atoms with Gasteiger partial charge in [-0.25, -0.2) is 0 Å². The van der Waals surface area contributed by atoms with Crippen LogP contribution in [0.1, 0.15) is 75.2 Å². The molecule has 0 aliphatic rings. The van der Waals surface area contributed by atoms with E-state index in [0.717, 1.165) is 5.57 Å². The van der Waals surface area contributed by atoms with Crippen LogP contribution < -0.4 is 0 Å². The number of ether oxygens (including phenoxy) is 2. The van der Waals surface area contributed by atoms with Crippen molar-refractivity contribution in [2.45, 2.75) is 93.5 Å². The third-order valence-corrected chi connectivity index (χ3v) is 6.59. The second-order valence-corrected chi connectivity index (χ2v) is 10.5. The Morgan fingerprint density at radius 1 is 0.970 bits per heavy atom. The van der Waals surface area contributed by atoms with Crippen LogP contribution in [0.4, 0.5) is 0 Å². The van der Waals surface area contributed by atoms with Crippen LogP contribution in [0.3, 0.4) is 0 Å². The minimum Gasteiger partial charge on any atom is -0.469 e. The predicted octanol–water partition coefficient (Wildman–Crippen LogP) is 4.73. The number of aliphatic hydroxyl groups excluding tert-OH is 2. The molecule has 0 aliphatic heterocycles. The van der Waals surface area contributed by atoms with Gasteiger partial charge in [0.05, 0.1) is 37.3 Å². The summed E-state index contributed by atoms with van der Waals surface area (Å²) in [6, 6.07) is 0. The van der Waals surface area contributed by atoms with Crippen LogP contribution in [-0.4, -0.2) is 54.5 Å². The monoisotopic (exact) mass is 468 g/mol. The zero-order valence-corrected chi connectivity index (χ0v) is 22.6. The number of esters is 1. The predicted molar refractivity (Wildman–Crippen MR) is 133 cm³/mol. The van der Waals surface area contributed by atoms with Crippen molar-refractivity contribution in [2.24, 2.45) is 29.1 Å². The summed E-state index contributed by atoms with van der Waals surface area (Å²) in [6.45, 7) is 17.4. The van der Waals surface area contributed by atoms with Gasteiger partial charge in [0, 0.05) is 18.9 Å². The first-order valence-electron chi connectivity index (χ1n) is 11.9. The van der Waals surface area contributed by atoms with Crippen molar-refractivity contribution in [3.05, 3.63) is 23.3 Å². The van der Waals surface area contributed by atoms with Crippen LogP contribution in [0, 0.1) is 29.1 Å². The highest BCUT2D eigenvalue weighted by Gasteiger charge is 2.44. The van der Waals surface area contributed by atoms with Gasteiger partial charge in [0.15, 0.2) is 0 Å². The quantitative estimate of drug-likeness (QED) is 0.283. The van der Waals surface area contributed by atoms with Crippen LogP contribution in [0.2, 0.25) is 0 Å². The first kappa shape index (κ1) is 31.5. The normalized spacial score (nSPS) is 19.0. The van der Waals surface area contributed by atoms with Crippen LogP contribution in [-0.2, 0) is 19.1 Å². The summed E-state index contributed by atoms with van der Waals surface area (Å²) in [7, 11) is 2.79. The van der Waals surface area contributed by atoms with Crippen molar-refractivity contribution >= 4 is 11.8 Å². The van der Waals surface area contributed by atoms with Crippen LogP contribution in [0.25, 0.3) is 0 Å². The van der Waals surface area contributed by atoms with Crippen molar-refractivity contribution < 1.29 is 29.3 Å². The van der Waals surface area contributed by atoms with Crippen LogP contribution >= 0.6 is 0 Å². The summed E-state index contributed by atoms with van der Waals surface area (Å²) in [5, 5.41) is 21.3. The molecule has 0 aromatic rings. The van der Waals surface area contributed by atoms with E-state index in [1.165, 1.54) is 19.8 Å². The van der Waals surface area contributed by atoms with Crippen LogP contribution in [0.15, 0.2) is 23.3 Å². The number of allylic oxidation sites excluding steroid dienone is 3. The van der Waals surface area contributed by atoms with Gasteiger partial charge in [0.25, 0.3) is 0 Å². The zero-order chi connectivity index (χ0) is 26.1. The molecule has 6 heteroatoms. The number of Topliss-reactive ketones (excluding diaryl/α,β-unsaturated/α-hetero) is 1. The van der Waals surface area contributed by atoms with Crippen molar-refractivity contribution in [1.29, 1.82) is 0 Å². The van der Waals surface area contributed by atoms with E-state index in [9.17, 15) is 19.8 Å². The average molecular weight is 469 g/mol. The molecule has 33 heavy (non-hydrogen) atoms. The highest BCUT2D eigenvalue weighted by molar-refractivity contribution is 5.86. The Kier molecular flexibility index (Phi) is 13.4. The molecule has 0 saturated carbocycles. The number of ketones is 1. The second-order valence-electron chi connectivity index (χ2n) is 10.5. The summed E-state index contributed by atoms with van der Waals surface area (Å²) in [4.78, 5) is 25.0. The molecule has 0 fully saturated rings. The van der Waals surface area contributed by atoms with Crippen molar-refractivity contribution in [1.82, 2.24) is 0 Å². The largest absolute Gasteiger partial charge is 0.469 e. The van der Waals surface area contributed by atoms with Gasteiger partial charge < -0.3 is 19.7 Å². The Balaban J connectivity index is 5.37. The molecule has 0 aromatic heterocycles. The Bertz CT molecular complexity index is 689. The fourth-order valence-corrected chi connectivity index (χ4v) is 4.91. The molecule has 0 rings (SSSR count). The summed E-state index contributed by atoms with van der Waals surface area (Å²) in [5.41, 5.74) is 1.24. The lowest BCUT2D eigenvalue weighted by Crippen LogP contribution is -2.48. The van der Waals surface area contributed by atoms with Gasteiger partial charge in [0.2, 0.25) is 0 Å². The van der Waals surface area contributed by atoms with Gasteiger partial charge in [-0.15, -0.1) is 0 Å². The third-order valence-electron chi connectivity index (χ3n) is 6.59. The van der Waals surface area contributed by atoms with Crippen LogP contribution in [0.5, 0.6) is 0 Å². The highest BCUT2D eigenvalue weighted by atomic mass is 16.5. The standard InChI is InChI=1S/C27H48O6/c1-16(2)12-17(3)13-18(4)24(30)19(5)14-20(6)25(31)27(8,9)26(33-11)21(7)22(28)15-23(29)32-10/h12-13,17,19-22,24,26,28,30H,14-15H2,1-11H3/b18-13+/t17-,19-,20-,21+,22-,24+,26-/m0/s1. The van der Waals surface area contributed by atoms with Gasteiger partial charge in [-0.1, -0.05) is 59.3 Å². The Morgan fingerprint density at radius 3 is 1.97 bits per heavy atom. The second kappa shape index (κ2) is 14.0. The van der Waals surface area contributed by atoms with Gasteiger partial charge in [-0.3, -0.25) is 9.59 Å². The molecule has 0 unspecified atom stereocenters. The van der Waals surface area contributed by atoms with Crippen molar-refractivity contribution in [2.75, 3.05) is 14.2 Å². The number of hydrogen-bond donors (Lipinski definition) is 2. The lowest BCUT2D eigenvalue weighted by atomic mass is 9.70. The lowest BCUT2D eigenvalue weighted by Gasteiger charge is -2.39. The summed E-state index contributed by atoms with van der Waals surface area (Å²) < 4.78 is 10.3. The van der Waals surface area contributed by atoms with E-state index in [1.807, 2.05) is 34.6 Å². The fourth-order valence-electron chi connectivity index (χ4n) is 4.91. The lowest BCUT2D eigenvalue weighted by molar-refractivity contribution is -0.149. The Morgan fingerprint density at radius 2 is 1.52 bits per heavy atom. The fraction of sp³-hybridized carbons (Fsp3) is 0.778. The molecule has 0 spiro atoms. The van der Waals surface area contributed by atoms with E-state index in [4.69, 9.17) is 4.74 Å². The van der Waals surface area contributed by atoms with E-state index in [-0.39, 0.29) is 30.0 Å². The van der Waals surface area contributed by atoms with Crippen molar-refractivity contribution in [3.63, 3.8) is 0 Å². The van der Waals surface area contributed by atoms with Gasteiger partial charge in [-0.2, -0.15) is 0 Å². The van der Waals surface area contributed by atoms with Gasteiger partial charge in [0.1, 0.15) is 5.78 Å². The number of aliphatic hydroxyl groups is 2. The molecular formula is C27H48O6. The SMILES string of the molecule is COC(=O)C[C@H](O)[C@@H](C)[C@H](OC)C(C)(C)C(=O)[C@@H](C)C[C@H](C)[C@H](O)/C(C)=C/[C@@H](C)C=C(C)C. The number of methoxy groups -OCH3 is 2. The molecule has 2 N–H and O–H groups in total. The van der Waals surface area contributed by atoms with E-state index in [1.54, 1.807) is 6.92 Å². The van der Waals surface area contributed by atoms with E-state index in [2.05, 4.69) is 37.7 Å². The molecule has 0 radical (unpaired) electrons. The maximum atomic E-state index is 13.4. The zero-order valence-electron chi connectivity index (χ0n) is 22.6. The number of carbonyl (C=O) groups is 2. The highest BCUT2D eigenvalue weighted by Crippen LogP contribution is 2.36. The topological polar surface area (TPSA) is 93.1 Å². The minimum atomic E-state index is -0.985. The summed E-state index contributed by atoms with van der Waals surface area (Å²) >= 11 is 0. The molecule has 7 atom stereocenters. The van der Waals surface area contributed by atoms with E-state index < -0.39 is 35.6 Å². The Labute approximate surface area is 201 Å². The number of hydrogen-bond acceptors (Lipinski definition) is 6. The molecule has 0 aliphatic carbocycles. The molecule has 6 nitrogen and oxygen atoms in total. The summed E-state index contributed by atoms with van der Waals surface area (Å²) in [5.74, 6) is -1.13. The first-order valence-corrected chi connectivity index (χ1v) is 11.9. The number of carbonyl (C=O) groups excluding carboxylic acids is 2. The first-order chi connectivity index (χ1) is 15.1. The third kappa shape index (κ3) is 9.71. The molecule has 0 aromatic carbocycles. The van der Waals surface area contributed by atoms with Crippen molar-refractivity contribution in [3.8, 4) is 0 Å². The molecule has 0 saturated heterocycles. The minimum absolute atomic E-state index is 0.00469. The summed E-state index contributed by atoms with van der Waals surface area (Å²) in [6.07, 6.45) is 2.39. The smallest absolute Gasteiger partial charge is 0.308 e. The molecule has 0 bridgehead atoms.